The molecule has 114 valence electrons. The molecule has 0 bridgehead atoms. The zero-order valence-corrected chi connectivity index (χ0v) is 12.8. The van der Waals surface area contributed by atoms with Gasteiger partial charge in [-0.25, -0.2) is 0 Å². The lowest BCUT2D eigenvalue weighted by molar-refractivity contribution is -0.113. The summed E-state index contributed by atoms with van der Waals surface area (Å²) in [6, 6.07) is 8.45. The van der Waals surface area contributed by atoms with Crippen LogP contribution >= 0.6 is 0 Å². The first-order valence-electron chi connectivity index (χ1n) is 8.67. The van der Waals surface area contributed by atoms with Gasteiger partial charge in [0, 0.05) is 6.61 Å². The molecule has 3 atom stereocenters. The fraction of sp³-hybridized carbons (Fsp3) is 0.684. The van der Waals surface area contributed by atoms with E-state index in [2.05, 4.69) is 24.3 Å². The molecule has 2 fully saturated rings. The summed E-state index contributed by atoms with van der Waals surface area (Å²) in [6.45, 7) is 0.898. The molecule has 2 nitrogen and oxygen atoms in total. The van der Waals surface area contributed by atoms with E-state index in [1.54, 1.807) is 0 Å². The third-order valence-electron chi connectivity index (χ3n) is 6.18. The second-order valence-corrected chi connectivity index (χ2v) is 7.34. The quantitative estimate of drug-likeness (QED) is 0.845. The maximum Gasteiger partial charge on any atom is 0.0823 e. The van der Waals surface area contributed by atoms with Gasteiger partial charge in [0.2, 0.25) is 0 Å². The number of ether oxygens (including phenoxy) is 1. The van der Waals surface area contributed by atoms with E-state index in [0.29, 0.717) is 11.8 Å². The zero-order valence-electron chi connectivity index (χ0n) is 12.8. The summed E-state index contributed by atoms with van der Waals surface area (Å²) in [5, 5.41) is 10.9. The highest BCUT2D eigenvalue weighted by molar-refractivity contribution is 5.32. The number of rotatable bonds is 1. The van der Waals surface area contributed by atoms with Gasteiger partial charge in [0.05, 0.1) is 11.7 Å². The Morgan fingerprint density at radius 2 is 1.90 bits per heavy atom. The molecule has 3 aliphatic rings. The minimum Gasteiger partial charge on any atom is -0.388 e. The molecular weight excluding hydrogens is 260 g/mol. The van der Waals surface area contributed by atoms with Crippen LogP contribution in [0, 0.1) is 11.8 Å². The summed E-state index contributed by atoms with van der Waals surface area (Å²) in [7, 11) is 0. The Hall–Kier alpha value is -0.860. The number of benzene rings is 1. The molecule has 1 heterocycles. The van der Waals surface area contributed by atoms with Crippen LogP contribution in [0.5, 0.6) is 0 Å². The highest BCUT2D eigenvalue weighted by Crippen LogP contribution is 2.48. The Kier molecular flexibility index (Phi) is 3.55. The smallest absolute Gasteiger partial charge is 0.0823 e. The minimum atomic E-state index is -0.267. The summed E-state index contributed by atoms with van der Waals surface area (Å²) in [4.78, 5) is 0. The van der Waals surface area contributed by atoms with E-state index in [-0.39, 0.29) is 11.7 Å². The Morgan fingerprint density at radius 3 is 2.76 bits per heavy atom. The van der Waals surface area contributed by atoms with E-state index in [4.69, 9.17) is 4.74 Å². The molecule has 21 heavy (non-hydrogen) atoms. The molecule has 0 aromatic heterocycles. The molecule has 4 rings (SSSR count). The van der Waals surface area contributed by atoms with Crippen LogP contribution in [0.3, 0.4) is 0 Å². The van der Waals surface area contributed by atoms with Crippen molar-refractivity contribution in [3.05, 3.63) is 35.4 Å². The molecule has 1 saturated carbocycles. The molecule has 1 saturated heterocycles. The summed E-state index contributed by atoms with van der Waals surface area (Å²) < 4.78 is 6.17. The predicted molar refractivity (Wildman–Crippen MR) is 83.1 cm³/mol. The number of aliphatic hydroxyl groups excluding tert-OH is 1. The fourth-order valence-electron chi connectivity index (χ4n) is 5.05. The number of hydrogen-bond acceptors (Lipinski definition) is 2. The highest BCUT2D eigenvalue weighted by Gasteiger charge is 2.44. The van der Waals surface area contributed by atoms with Gasteiger partial charge in [0.25, 0.3) is 0 Å². The van der Waals surface area contributed by atoms with Gasteiger partial charge in [-0.15, -0.1) is 0 Å². The Labute approximate surface area is 127 Å². The van der Waals surface area contributed by atoms with Crippen molar-refractivity contribution in [2.75, 3.05) is 6.61 Å². The average molecular weight is 286 g/mol. The van der Waals surface area contributed by atoms with Gasteiger partial charge in [-0.2, -0.15) is 0 Å². The lowest BCUT2D eigenvalue weighted by atomic mass is 9.69. The van der Waals surface area contributed by atoms with Crippen molar-refractivity contribution in [2.24, 2.45) is 11.8 Å². The van der Waals surface area contributed by atoms with Crippen molar-refractivity contribution in [1.82, 2.24) is 0 Å². The van der Waals surface area contributed by atoms with Gasteiger partial charge in [-0.1, -0.05) is 37.1 Å². The predicted octanol–water partition coefficient (Wildman–Crippen LogP) is 4.02. The molecule has 2 heteroatoms. The summed E-state index contributed by atoms with van der Waals surface area (Å²) in [5.74, 6) is 1.07. The van der Waals surface area contributed by atoms with Gasteiger partial charge < -0.3 is 9.84 Å². The van der Waals surface area contributed by atoms with Crippen LogP contribution in [-0.4, -0.2) is 17.3 Å². The van der Waals surface area contributed by atoms with Gasteiger partial charge in [0.15, 0.2) is 0 Å². The maximum atomic E-state index is 10.9. The second-order valence-electron chi connectivity index (χ2n) is 7.34. The first kappa shape index (κ1) is 13.8. The summed E-state index contributed by atoms with van der Waals surface area (Å²) in [5.41, 5.74) is 2.70. The largest absolute Gasteiger partial charge is 0.388 e. The molecule has 2 aliphatic carbocycles. The molecule has 1 N–H and O–H groups in total. The van der Waals surface area contributed by atoms with Crippen molar-refractivity contribution in [3.8, 4) is 0 Å². The van der Waals surface area contributed by atoms with E-state index in [9.17, 15) is 5.11 Å². The molecule has 1 aromatic carbocycles. The topological polar surface area (TPSA) is 29.5 Å². The van der Waals surface area contributed by atoms with E-state index < -0.39 is 0 Å². The van der Waals surface area contributed by atoms with Crippen molar-refractivity contribution < 1.29 is 9.84 Å². The molecule has 1 aliphatic heterocycles. The van der Waals surface area contributed by atoms with Gasteiger partial charge >= 0.3 is 0 Å². The van der Waals surface area contributed by atoms with Crippen LogP contribution in [0.4, 0.5) is 0 Å². The average Bonchev–Trinajstić information content (AvgIpc) is 2.96. The lowest BCUT2D eigenvalue weighted by Crippen LogP contribution is -2.41. The molecule has 0 amide bonds. The third-order valence-corrected chi connectivity index (χ3v) is 6.18. The Bertz CT molecular complexity index is 504. The zero-order chi connectivity index (χ0) is 14.3. The summed E-state index contributed by atoms with van der Waals surface area (Å²) in [6.07, 6.45) is 9.43. The molecule has 0 radical (unpaired) electrons. The first-order chi connectivity index (χ1) is 10.3. The van der Waals surface area contributed by atoms with E-state index in [0.717, 1.165) is 25.9 Å². The van der Waals surface area contributed by atoms with Crippen molar-refractivity contribution in [3.63, 3.8) is 0 Å². The normalized spacial score (nSPS) is 34.8. The first-order valence-corrected chi connectivity index (χ1v) is 8.67. The fourth-order valence-corrected chi connectivity index (χ4v) is 5.05. The van der Waals surface area contributed by atoms with Crippen LogP contribution in [0.15, 0.2) is 24.3 Å². The lowest BCUT2D eigenvalue weighted by Gasteiger charge is -2.44. The van der Waals surface area contributed by atoms with Crippen molar-refractivity contribution >= 4 is 0 Å². The van der Waals surface area contributed by atoms with Crippen LogP contribution in [0.1, 0.15) is 62.2 Å². The van der Waals surface area contributed by atoms with Crippen LogP contribution in [0.2, 0.25) is 0 Å². The van der Waals surface area contributed by atoms with Crippen molar-refractivity contribution in [1.29, 1.82) is 0 Å². The maximum absolute atomic E-state index is 10.9. The van der Waals surface area contributed by atoms with Gasteiger partial charge in [-0.3, -0.25) is 0 Å². The molecule has 1 spiro atoms. The van der Waals surface area contributed by atoms with Gasteiger partial charge in [0.1, 0.15) is 0 Å². The number of hydrogen-bond donors (Lipinski definition) is 1. The van der Waals surface area contributed by atoms with E-state index in [1.165, 1.54) is 43.2 Å². The van der Waals surface area contributed by atoms with Crippen LogP contribution in [0.25, 0.3) is 0 Å². The minimum absolute atomic E-state index is 0.166. The van der Waals surface area contributed by atoms with Crippen molar-refractivity contribution in [2.45, 2.75) is 63.1 Å². The number of aliphatic hydroxyl groups is 1. The highest BCUT2D eigenvalue weighted by atomic mass is 16.5. The van der Waals surface area contributed by atoms with Crippen LogP contribution in [-0.2, 0) is 11.2 Å². The molecular formula is C19H26O2. The molecule has 3 unspecified atom stereocenters. The monoisotopic (exact) mass is 286 g/mol. The van der Waals surface area contributed by atoms with Crippen LogP contribution < -0.4 is 0 Å². The third kappa shape index (κ3) is 2.43. The van der Waals surface area contributed by atoms with E-state index in [1.807, 2.05) is 0 Å². The number of fused-ring (bicyclic) bond motifs is 1. The van der Waals surface area contributed by atoms with Gasteiger partial charge in [-0.05, 0) is 61.5 Å². The number of aryl methyl sites for hydroxylation is 1. The Balaban J connectivity index is 1.54. The molecule has 1 aromatic rings. The standard InChI is InChI=1S/C19H26O2/c20-18-16-6-2-1-5-14(16)7-8-17(18)15-9-12-21-19(13-15)10-3-4-11-19/h1-2,5-6,15,17-18,20H,3-4,7-13H2. The summed E-state index contributed by atoms with van der Waals surface area (Å²) >= 11 is 0. The SMILES string of the molecule is OC1c2ccccc2CCC1C1CCOC2(CCCC2)C1. The second kappa shape index (κ2) is 5.40. The Morgan fingerprint density at radius 1 is 1.10 bits per heavy atom. The van der Waals surface area contributed by atoms with E-state index >= 15 is 0 Å².